The molecule has 1 aromatic rings. The van der Waals surface area contributed by atoms with Gasteiger partial charge < -0.3 is 9.32 Å². The van der Waals surface area contributed by atoms with E-state index < -0.39 is 0 Å². The average molecular weight is 270 g/mol. The number of carbonyl (C=O) groups is 1. The number of hydrogen-bond acceptors (Lipinski definition) is 2. The fourth-order valence-corrected chi connectivity index (χ4v) is 2.96. The summed E-state index contributed by atoms with van der Waals surface area (Å²) < 4.78 is 5.51. The van der Waals surface area contributed by atoms with Crippen molar-refractivity contribution in [3.05, 3.63) is 23.7 Å². The summed E-state index contributed by atoms with van der Waals surface area (Å²) >= 11 is 6.32. The number of alkyl halides is 1. The molecule has 2 atom stereocenters. The van der Waals surface area contributed by atoms with E-state index in [4.69, 9.17) is 16.0 Å². The van der Waals surface area contributed by atoms with Gasteiger partial charge in [-0.05, 0) is 25.0 Å². The Morgan fingerprint density at radius 2 is 2.17 bits per heavy atom. The largest absolute Gasteiger partial charge is 0.456 e. The fourth-order valence-electron chi connectivity index (χ4n) is 2.51. The highest BCUT2D eigenvalue weighted by atomic mass is 35.5. The predicted octanol–water partition coefficient (Wildman–Crippen LogP) is 3.46. The molecule has 0 aromatic carbocycles. The summed E-state index contributed by atoms with van der Waals surface area (Å²) in [5, 5.41) is 0.0632. The van der Waals surface area contributed by atoms with Gasteiger partial charge in [0, 0.05) is 19.5 Å². The first-order valence-corrected chi connectivity index (χ1v) is 7.07. The second-order valence-corrected chi connectivity index (χ2v) is 5.46. The zero-order valence-electron chi connectivity index (χ0n) is 11.0. The minimum atomic E-state index is -0.0627. The van der Waals surface area contributed by atoms with E-state index >= 15 is 0 Å². The third-order valence-corrected chi connectivity index (χ3v) is 4.20. The predicted molar refractivity (Wildman–Crippen MR) is 72.1 cm³/mol. The van der Waals surface area contributed by atoms with E-state index in [1.165, 1.54) is 0 Å². The van der Waals surface area contributed by atoms with Crippen LogP contribution in [0, 0.1) is 0 Å². The van der Waals surface area contributed by atoms with Gasteiger partial charge in [-0.2, -0.15) is 0 Å². The Morgan fingerprint density at radius 1 is 1.44 bits per heavy atom. The molecule has 3 nitrogen and oxygen atoms in total. The van der Waals surface area contributed by atoms with Crippen molar-refractivity contribution < 1.29 is 9.21 Å². The van der Waals surface area contributed by atoms with E-state index in [1.807, 2.05) is 20.0 Å². The van der Waals surface area contributed by atoms with Crippen molar-refractivity contribution in [2.45, 2.75) is 50.4 Å². The zero-order chi connectivity index (χ0) is 13.1. The number of rotatable bonds is 3. The number of aryl methyl sites for hydroxylation is 1. The summed E-state index contributed by atoms with van der Waals surface area (Å²) in [4.78, 5) is 14.0. The summed E-state index contributed by atoms with van der Waals surface area (Å²) in [6, 6.07) is 3.74. The SMILES string of the molecule is CCc1ccc(C(=O)N(C)C2CCCCC2Cl)o1. The molecule has 1 saturated carbocycles. The molecule has 0 aliphatic heterocycles. The van der Waals surface area contributed by atoms with Crippen LogP contribution in [0.4, 0.5) is 0 Å². The molecule has 4 heteroatoms. The van der Waals surface area contributed by atoms with Gasteiger partial charge >= 0.3 is 0 Å². The van der Waals surface area contributed by atoms with E-state index in [9.17, 15) is 4.79 Å². The molecule has 100 valence electrons. The summed E-state index contributed by atoms with van der Waals surface area (Å²) in [5.74, 6) is 1.20. The lowest BCUT2D eigenvalue weighted by molar-refractivity contribution is 0.0666. The Labute approximate surface area is 113 Å². The molecule has 1 amide bonds. The number of hydrogen-bond donors (Lipinski definition) is 0. The molecule has 1 aliphatic carbocycles. The van der Waals surface area contributed by atoms with Crippen molar-refractivity contribution in [1.29, 1.82) is 0 Å². The maximum absolute atomic E-state index is 12.3. The van der Waals surface area contributed by atoms with Crippen LogP contribution in [0.3, 0.4) is 0 Å². The van der Waals surface area contributed by atoms with Gasteiger partial charge in [0.25, 0.3) is 5.91 Å². The molecule has 0 saturated heterocycles. The first-order chi connectivity index (χ1) is 8.63. The van der Waals surface area contributed by atoms with Crippen LogP contribution in [0.1, 0.15) is 48.9 Å². The van der Waals surface area contributed by atoms with Crippen molar-refractivity contribution in [2.24, 2.45) is 0 Å². The van der Waals surface area contributed by atoms with Crippen LogP contribution >= 0.6 is 11.6 Å². The highest BCUT2D eigenvalue weighted by Gasteiger charge is 2.30. The van der Waals surface area contributed by atoms with Gasteiger partial charge in [0.05, 0.1) is 5.38 Å². The maximum atomic E-state index is 12.3. The van der Waals surface area contributed by atoms with Gasteiger partial charge in [-0.3, -0.25) is 4.79 Å². The number of halogens is 1. The van der Waals surface area contributed by atoms with Gasteiger partial charge in [0.2, 0.25) is 0 Å². The molecule has 1 aromatic heterocycles. The molecule has 0 radical (unpaired) electrons. The van der Waals surface area contributed by atoms with Crippen LogP contribution in [0.5, 0.6) is 0 Å². The summed E-state index contributed by atoms with van der Waals surface area (Å²) in [6.07, 6.45) is 5.08. The van der Waals surface area contributed by atoms with Crippen molar-refractivity contribution in [3.8, 4) is 0 Å². The maximum Gasteiger partial charge on any atom is 0.289 e. The lowest BCUT2D eigenvalue weighted by Gasteiger charge is -2.34. The molecule has 1 aliphatic rings. The highest BCUT2D eigenvalue weighted by molar-refractivity contribution is 6.21. The molecule has 18 heavy (non-hydrogen) atoms. The average Bonchev–Trinajstić information content (AvgIpc) is 2.86. The fraction of sp³-hybridized carbons (Fsp3) is 0.643. The quantitative estimate of drug-likeness (QED) is 0.788. The zero-order valence-corrected chi connectivity index (χ0v) is 11.7. The minimum absolute atomic E-state index is 0.0627. The van der Waals surface area contributed by atoms with Crippen LogP contribution in [-0.4, -0.2) is 29.3 Å². The van der Waals surface area contributed by atoms with Crippen LogP contribution in [-0.2, 0) is 6.42 Å². The van der Waals surface area contributed by atoms with Gasteiger partial charge in [-0.1, -0.05) is 19.8 Å². The van der Waals surface area contributed by atoms with E-state index in [2.05, 4.69) is 0 Å². The van der Waals surface area contributed by atoms with Crippen molar-refractivity contribution in [2.75, 3.05) is 7.05 Å². The van der Waals surface area contributed by atoms with Gasteiger partial charge in [-0.25, -0.2) is 0 Å². The van der Waals surface area contributed by atoms with Gasteiger partial charge in [0.1, 0.15) is 5.76 Å². The summed E-state index contributed by atoms with van der Waals surface area (Å²) in [5.41, 5.74) is 0. The second kappa shape index (κ2) is 5.79. The topological polar surface area (TPSA) is 33.5 Å². The molecular weight excluding hydrogens is 250 g/mol. The molecule has 1 heterocycles. The lowest BCUT2D eigenvalue weighted by atomic mass is 9.94. The molecule has 0 N–H and O–H groups in total. The first kappa shape index (κ1) is 13.5. The third-order valence-electron chi connectivity index (χ3n) is 3.69. The summed E-state index contributed by atoms with van der Waals surface area (Å²) in [7, 11) is 1.82. The van der Waals surface area contributed by atoms with Crippen molar-refractivity contribution in [3.63, 3.8) is 0 Å². The van der Waals surface area contributed by atoms with Crippen LogP contribution in [0.25, 0.3) is 0 Å². The molecule has 1 fully saturated rings. The highest BCUT2D eigenvalue weighted by Crippen LogP contribution is 2.27. The van der Waals surface area contributed by atoms with Crippen LogP contribution in [0.2, 0.25) is 0 Å². The molecule has 2 rings (SSSR count). The summed E-state index contributed by atoms with van der Waals surface area (Å²) in [6.45, 7) is 2.01. The second-order valence-electron chi connectivity index (χ2n) is 4.90. The molecular formula is C14H20ClNO2. The number of amides is 1. The smallest absolute Gasteiger partial charge is 0.289 e. The monoisotopic (exact) mass is 269 g/mol. The minimum Gasteiger partial charge on any atom is -0.456 e. The Kier molecular flexibility index (Phi) is 4.33. The van der Waals surface area contributed by atoms with Crippen LogP contribution < -0.4 is 0 Å². The van der Waals surface area contributed by atoms with E-state index in [0.29, 0.717) is 5.76 Å². The Balaban J connectivity index is 2.07. The number of carbonyl (C=O) groups excluding carboxylic acids is 1. The van der Waals surface area contributed by atoms with Crippen molar-refractivity contribution in [1.82, 2.24) is 4.90 Å². The Bertz CT molecular complexity index is 416. The van der Waals surface area contributed by atoms with Gasteiger partial charge in [0.15, 0.2) is 5.76 Å². The van der Waals surface area contributed by atoms with E-state index in [1.54, 1.807) is 11.0 Å². The standard InChI is InChI=1S/C14H20ClNO2/c1-3-10-8-9-13(18-10)14(17)16(2)12-7-5-4-6-11(12)15/h8-9,11-12H,3-7H2,1-2H3. The Morgan fingerprint density at radius 3 is 2.78 bits per heavy atom. The normalized spacial score (nSPS) is 23.9. The van der Waals surface area contributed by atoms with E-state index in [-0.39, 0.29) is 17.3 Å². The number of furan rings is 1. The lowest BCUT2D eigenvalue weighted by Crippen LogP contribution is -2.44. The Hall–Kier alpha value is -0.960. The molecule has 0 spiro atoms. The number of nitrogens with zero attached hydrogens (tertiary/aromatic N) is 1. The van der Waals surface area contributed by atoms with Crippen molar-refractivity contribution >= 4 is 17.5 Å². The van der Waals surface area contributed by atoms with Crippen LogP contribution in [0.15, 0.2) is 16.5 Å². The first-order valence-electron chi connectivity index (χ1n) is 6.63. The molecule has 0 bridgehead atoms. The van der Waals surface area contributed by atoms with E-state index in [0.717, 1.165) is 37.9 Å². The van der Waals surface area contributed by atoms with Gasteiger partial charge in [-0.15, -0.1) is 11.6 Å². The third kappa shape index (κ3) is 2.72. The molecule has 2 unspecified atom stereocenters.